The van der Waals surface area contributed by atoms with Gasteiger partial charge >= 0.3 is 0 Å². The van der Waals surface area contributed by atoms with Gasteiger partial charge in [-0.1, -0.05) is 29.8 Å². The first-order valence-corrected chi connectivity index (χ1v) is 3.47. The number of benzene rings is 1. The van der Waals surface area contributed by atoms with Crippen molar-refractivity contribution in [3.05, 3.63) is 40.9 Å². The average molecular weight is 152 g/mol. The van der Waals surface area contributed by atoms with Gasteiger partial charge in [-0.3, -0.25) is 0 Å². The summed E-state index contributed by atoms with van der Waals surface area (Å²) in [4.78, 5) is 0. The molecule has 0 N–H and O–H groups in total. The van der Waals surface area contributed by atoms with E-state index in [-0.39, 0.29) is 0 Å². The van der Waals surface area contributed by atoms with E-state index in [9.17, 15) is 0 Å². The van der Waals surface area contributed by atoms with Crippen molar-refractivity contribution in [2.45, 2.75) is 6.92 Å². The summed E-state index contributed by atoms with van der Waals surface area (Å²) in [5, 5.41) is 0.772. The molecule has 0 bridgehead atoms. The molecular weight excluding hydrogens is 144 g/mol. The Morgan fingerprint density at radius 2 is 1.90 bits per heavy atom. The van der Waals surface area contributed by atoms with E-state index in [0.29, 0.717) is 0 Å². The van der Waals surface area contributed by atoms with Crippen LogP contribution in [0.15, 0.2) is 24.3 Å². The van der Waals surface area contributed by atoms with Gasteiger partial charge in [0, 0.05) is 5.02 Å². The molecule has 0 nitrogen and oxygen atoms in total. The zero-order chi connectivity index (χ0) is 7.40. The maximum atomic E-state index is 5.68. The zero-order valence-corrected chi connectivity index (χ0v) is 6.52. The van der Waals surface area contributed by atoms with Crippen LogP contribution in [0.4, 0.5) is 0 Å². The van der Waals surface area contributed by atoms with Crippen LogP contribution < -0.4 is 0 Å². The van der Waals surface area contributed by atoms with Crippen molar-refractivity contribution in [2.24, 2.45) is 0 Å². The van der Waals surface area contributed by atoms with Gasteiger partial charge in [-0.25, -0.2) is 0 Å². The maximum Gasteiger partial charge on any atom is 0.0406 e. The molecule has 0 fully saturated rings. The fourth-order valence-corrected chi connectivity index (χ4v) is 0.852. The van der Waals surface area contributed by atoms with Gasteiger partial charge in [0.05, 0.1) is 0 Å². The molecule has 0 saturated heterocycles. The van der Waals surface area contributed by atoms with E-state index < -0.39 is 0 Å². The molecule has 0 aliphatic carbocycles. The lowest BCUT2D eigenvalue weighted by molar-refractivity contribution is 1.62. The van der Waals surface area contributed by atoms with Crippen LogP contribution in [0.5, 0.6) is 0 Å². The zero-order valence-electron chi connectivity index (χ0n) is 5.76. The predicted molar refractivity (Wildman–Crippen MR) is 44.8 cm³/mol. The SMILES string of the molecule is C/[C]=C\c1ccc(Cl)cc1. The largest absolute Gasteiger partial charge is 0.0843 e. The van der Waals surface area contributed by atoms with Crippen molar-refractivity contribution < 1.29 is 0 Å². The lowest BCUT2D eigenvalue weighted by Crippen LogP contribution is -1.68. The summed E-state index contributed by atoms with van der Waals surface area (Å²) in [7, 11) is 0. The van der Waals surface area contributed by atoms with Crippen LogP contribution in [0, 0.1) is 6.08 Å². The van der Waals surface area contributed by atoms with Gasteiger partial charge in [-0.05, 0) is 30.7 Å². The minimum atomic E-state index is 0.772. The summed E-state index contributed by atoms with van der Waals surface area (Å²) in [6.45, 7) is 1.87. The molecule has 0 unspecified atom stereocenters. The fourth-order valence-electron chi connectivity index (χ4n) is 0.726. The normalized spacial score (nSPS) is 10.6. The van der Waals surface area contributed by atoms with E-state index in [1.54, 1.807) is 0 Å². The molecule has 1 aromatic carbocycles. The Labute approximate surface area is 66.1 Å². The Morgan fingerprint density at radius 3 is 2.40 bits per heavy atom. The van der Waals surface area contributed by atoms with Crippen LogP contribution in [0.1, 0.15) is 12.5 Å². The highest BCUT2D eigenvalue weighted by atomic mass is 35.5. The summed E-state index contributed by atoms with van der Waals surface area (Å²) >= 11 is 5.68. The molecule has 0 aliphatic heterocycles. The second-order valence-corrected chi connectivity index (χ2v) is 2.42. The summed E-state index contributed by atoms with van der Waals surface area (Å²) in [6.07, 6.45) is 4.85. The van der Waals surface area contributed by atoms with Gasteiger partial charge in [-0.15, -0.1) is 0 Å². The monoisotopic (exact) mass is 151 g/mol. The molecular formula is C9H8Cl. The quantitative estimate of drug-likeness (QED) is 0.579. The van der Waals surface area contributed by atoms with E-state index in [1.807, 2.05) is 37.3 Å². The Morgan fingerprint density at radius 1 is 1.30 bits per heavy atom. The first kappa shape index (κ1) is 7.36. The third-order valence-electron chi connectivity index (χ3n) is 1.18. The van der Waals surface area contributed by atoms with E-state index in [0.717, 1.165) is 10.6 Å². The van der Waals surface area contributed by atoms with Gasteiger partial charge in [-0.2, -0.15) is 0 Å². The average Bonchev–Trinajstić information content (AvgIpc) is 1.95. The lowest BCUT2D eigenvalue weighted by atomic mass is 10.2. The number of allylic oxidation sites excluding steroid dienone is 1. The standard InChI is InChI=1S/C9H8Cl/c1-2-3-8-4-6-9(10)7-5-8/h3-7H,1H3. The van der Waals surface area contributed by atoms with E-state index in [4.69, 9.17) is 11.6 Å². The highest BCUT2D eigenvalue weighted by Gasteiger charge is 1.85. The molecule has 0 saturated carbocycles. The Bertz CT molecular complexity index is 221. The molecule has 0 spiro atoms. The summed E-state index contributed by atoms with van der Waals surface area (Å²) in [6, 6.07) is 7.65. The first-order chi connectivity index (χ1) is 4.83. The van der Waals surface area contributed by atoms with Crippen LogP contribution >= 0.6 is 11.6 Å². The van der Waals surface area contributed by atoms with Gasteiger partial charge in [0.15, 0.2) is 0 Å². The topological polar surface area (TPSA) is 0 Å². The number of rotatable bonds is 1. The number of halogens is 1. The molecule has 1 radical (unpaired) electrons. The van der Waals surface area contributed by atoms with Crippen molar-refractivity contribution in [3.8, 4) is 0 Å². The Kier molecular flexibility index (Phi) is 2.52. The van der Waals surface area contributed by atoms with Crippen molar-refractivity contribution in [3.63, 3.8) is 0 Å². The number of hydrogen-bond acceptors (Lipinski definition) is 0. The Hall–Kier alpha value is -0.750. The maximum absolute atomic E-state index is 5.68. The van der Waals surface area contributed by atoms with Gasteiger partial charge in [0.2, 0.25) is 0 Å². The minimum absolute atomic E-state index is 0.772. The summed E-state index contributed by atoms with van der Waals surface area (Å²) in [5.74, 6) is 0. The van der Waals surface area contributed by atoms with Gasteiger partial charge in [0.25, 0.3) is 0 Å². The highest BCUT2D eigenvalue weighted by Crippen LogP contribution is 2.09. The van der Waals surface area contributed by atoms with E-state index in [1.165, 1.54) is 0 Å². The second-order valence-electron chi connectivity index (χ2n) is 1.98. The van der Waals surface area contributed by atoms with Crippen LogP contribution in [-0.4, -0.2) is 0 Å². The van der Waals surface area contributed by atoms with Crippen LogP contribution in [0.2, 0.25) is 5.02 Å². The predicted octanol–water partition coefficient (Wildman–Crippen LogP) is 3.18. The van der Waals surface area contributed by atoms with Crippen molar-refractivity contribution in [1.29, 1.82) is 0 Å². The molecule has 0 aliphatic rings. The fraction of sp³-hybridized carbons (Fsp3) is 0.111. The van der Waals surface area contributed by atoms with Crippen molar-refractivity contribution in [1.82, 2.24) is 0 Å². The van der Waals surface area contributed by atoms with Crippen LogP contribution in [-0.2, 0) is 0 Å². The molecule has 1 heteroatoms. The van der Waals surface area contributed by atoms with Crippen LogP contribution in [0.3, 0.4) is 0 Å². The summed E-state index contributed by atoms with van der Waals surface area (Å²) < 4.78 is 0. The smallest absolute Gasteiger partial charge is 0.0406 e. The molecule has 0 heterocycles. The molecule has 51 valence electrons. The molecule has 0 atom stereocenters. The lowest BCUT2D eigenvalue weighted by Gasteiger charge is -1.90. The third-order valence-corrected chi connectivity index (χ3v) is 1.43. The molecule has 0 amide bonds. The van der Waals surface area contributed by atoms with Crippen LogP contribution in [0.25, 0.3) is 6.08 Å². The minimum Gasteiger partial charge on any atom is -0.0843 e. The van der Waals surface area contributed by atoms with E-state index in [2.05, 4.69) is 6.08 Å². The van der Waals surface area contributed by atoms with E-state index >= 15 is 0 Å². The molecule has 10 heavy (non-hydrogen) atoms. The molecule has 1 aromatic rings. The second kappa shape index (κ2) is 3.43. The molecule has 1 rings (SSSR count). The summed E-state index contributed by atoms with van der Waals surface area (Å²) in [5.41, 5.74) is 1.13. The number of hydrogen-bond donors (Lipinski definition) is 0. The van der Waals surface area contributed by atoms with Crippen molar-refractivity contribution >= 4 is 17.7 Å². The van der Waals surface area contributed by atoms with Gasteiger partial charge in [0.1, 0.15) is 0 Å². The van der Waals surface area contributed by atoms with Crippen molar-refractivity contribution in [2.75, 3.05) is 0 Å². The third kappa shape index (κ3) is 1.89. The highest BCUT2D eigenvalue weighted by molar-refractivity contribution is 6.30. The molecule has 0 aromatic heterocycles. The van der Waals surface area contributed by atoms with Gasteiger partial charge < -0.3 is 0 Å². The first-order valence-electron chi connectivity index (χ1n) is 3.09. The Balaban J connectivity index is 2.89.